The summed E-state index contributed by atoms with van der Waals surface area (Å²) in [5.74, 6) is -3.60. The van der Waals surface area contributed by atoms with Crippen LogP contribution in [0.1, 0.15) is 57.4 Å². The lowest BCUT2D eigenvalue weighted by Crippen LogP contribution is -2.50. The summed E-state index contributed by atoms with van der Waals surface area (Å²) >= 11 is 0. The number of anilines is 1. The molecule has 1 aliphatic carbocycles. The molecule has 0 saturated heterocycles. The van der Waals surface area contributed by atoms with Gasteiger partial charge in [0.1, 0.15) is 11.9 Å². The second kappa shape index (κ2) is 13.1. The average molecular weight is 554 g/mol. The number of amides is 2. The van der Waals surface area contributed by atoms with Crippen molar-refractivity contribution in [1.29, 1.82) is 0 Å². The monoisotopic (exact) mass is 553 g/mol. The van der Waals surface area contributed by atoms with Gasteiger partial charge in [-0.15, -0.1) is 0 Å². The Balaban J connectivity index is 1.73. The minimum absolute atomic E-state index is 0.0311. The van der Waals surface area contributed by atoms with E-state index in [0.717, 1.165) is 60.9 Å². The molecular formula is C27H34F3N3O4S. The zero-order chi connectivity index (χ0) is 27.9. The maximum Gasteiger partial charge on any atom is 0.242 e. The molecule has 2 amide bonds. The third kappa shape index (κ3) is 7.96. The van der Waals surface area contributed by atoms with Gasteiger partial charge in [0.15, 0.2) is 11.6 Å². The Morgan fingerprint density at radius 3 is 2.32 bits per heavy atom. The van der Waals surface area contributed by atoms with E-state index in [1.807, 2.05) is 0 Å². The molecule has 0 bridgehead atoms. The molecule has 1 atom stereocenters. The molecule has 1 N–H and O–H groups in total. The van der Waals surface area contributed by atoms with Crippen LogP contribution < -0.4 is 9.62 Å². The minimum atomic E-state index is -3.86. The molecule has 0 unspecified atom stereocenters. The standard InChI is InChI=1S/C27H34F3N3O4S/c1-19(27(35)31-21-10-4-3-5-11-21)32(18-20-9-6-7-12-23(20)28)26(34)13-8-16-33(38(2,36)37)22-14-15-24(29)25(30)17-22/h6-7,9,12,14-15,17,19,21H,3-5,8,10-11,13,16,18H2,1-2H3,(H,31,35)/t19-/m0/s1. The molecule has 7 nitrogen and oxygen atoms in total. The number of sulfonamides is 1. The Morgan fingerprint density at radius 1 is 1.00 bits per heavy atom. The Labute approximate surface area is 222 Å². The molecule has 3 rings (SSSR count). The highest BCUT2D eigenvalue weighted by molar-refractivity contribution is 7.92. The van der Waals surface area contributed by atoms with E-state index in [4.69, 9.17) is 0 Å². The molecule has 1 saturated carbocycles. The first-order valence-corrected chi connectivity index (χ1v) is 14.6. The van der Waals surface area contributed by atoms with Crippen LogP contribution in [-0.2, 0) is 26.2 Å². The normalized spacial score (nSPS) is 15.1. The van der Waals surface area contributed by atoms with E-state index in [-0.39, 0.29) is 49.1 Å². The van der Waals surface area contributed by atoms with Crippen molar-refractivity contribution in [1.82, 2.24) is 10.2 Å². The highest BCUT2D eigenvalue weighted by atomic mass is 32.2. The Morgan fingerprint density at radius 2 is 1.68 bits per heavy atom. The van der Waals surface area contributed by atoms with Crippen LogP contribution >= 0.6 is 0 Å². The largest absolute Gasteiger partial charge is 0.352 e. The van der Waals surface area contributed by atoms with Crippen LogP contribution in [0.3, 0.4) is 0 Å². The summed E-state index contributed by atoms with van der Waals surface area (Å²) in [6, 6.07) is 7.87. The minimum Gasteiger partial charge on any atom is -0.352 e. The van der Waals surface area contributed by atoms with Crippen molar-refractivity contribution in [3.05, 3.63) is 65.5 Å². The van der Waals surface area contributed by atoms with E-state index in [2.05, 4.69) is 5.32 Å². The molecule has 2 aromatic rings. The first kappa shape index (κ1) is 29.5. The molecule has 0 aromatic heterocycles. The fourth-order valence-corrected chi connectivity index (χ4v) is 5.56. The Kier molecular flexibility index (Phi) is 10.2. The van der Waals surface area contributed by atoms with E-state index in [9.17, 15) is 31.2 Å². The van der Waals surface area contributed by atoms with E-state index in [1.165, 1.54) is 23.1 Å². The van der Waals surface area contributed by atoms with Gasteiger partial charge >= 0.3 is 0 Å². The van der Waals surface area contributed by atoms with Crippen molar-refractivity contribution in [3.8, 4) is 0 Å². The fourth-order valence-electron chi connectivity index (χ4n) is 4.61. The molecule has 0 heterocycles. The highest BCUT2D eigenvalue weighted by Crippen LogP contribution is 2.22. The molecule has 0 radical (unpaired) electrons. The second-order valence-electron chi connectivity index (χ2n) is 9.67. The van der Waals surface area contributed by atoms with E-state index < -0.39 is 39.4 Å². The van der Waals surface area contributed by atoms with Gasteiger partial charge in [-0.25, -0.2) is 21.6 Å². The zero-order valence-corrected chi connectivity index (χ0v) is 22.4. The van der Waals surface area contributed by atoms with Crippen LogP contribution in [0.25, 0.3) is 0 Å². The van der Waals surface area contributed by atoms with Crippen molar-refractivity contribution >= 4 is 27.5 Å². The maximum atomic E-state index is 14.4. The number of carbonyl (C=O) groups is 2. The van der Waals surface area contributed by atoms with Gasteiger partial charge in [0.2, 0.25) is 21.8 Å². The lowest BCUT2D eigenvalue weighted by Gasteiger charge is -2.31. The lowest BCUT2D eigenvalue weighted by atomic mass is 9.95. The van der Waals surface area contributed by atoms with Crippen molar-refractivity contribution in [2.45, 2.75) is 70.5 Å². The third-order valence-corrected chi connectivity index (χ3v) is 7.95. The smallest absolute Gasteiger partial charge is 0.242 e. The van der Waals surface area contributed by atoms with Gasteiger partial charge < -0.3 is 10.2 Å². The molecule has 1 fully saturated rings. The van der Waals surface area contributed by atoms with Crippen molar-refractivity contribution in [2.24, 2.45) is 0 Å². The van der Waals surface area contributed by atoms with Gasteiger partial charge in [-0.1, -0.05) is 37.5 Å². The predicted molar refractivity (Wildman–Crippen MR) is 139 cm³/mol. The van der Waals surface area contributed by atoms with Gasteiger partial charge in [-0.2, -0.15) is 0 Å². The SMILES string of the molecule is C[C@@H](C(=O)NC1CCCCC1)N(Cc1ccccc1F)C(=O)CCCN(c1ccc(F)c(F)c1)S(C)(=O)=O. The summed E-state index contributed by atoms with van der Waals surface area (Å²) < 4.78 is 67.0. The van der Waals surface area contributed by atoms with Gasteiger partial charge in [-0.05, 0) is 44.4 Å². The van der Waals surface area contributed by atoms with Crippen LogP contribution in [0, 0.1) is 17.5 Å². The van der Waals surface area contributed by atoms with Gasteiger partial charge in [0.25, 0.3) is 0 Å². The number of halogens is 3. The first-order valence-electron chi connectivity index (χ1n) is 12.7. The molecule has 0 spiro atoms. The molecule has 208 valence electrons. The van der Waals surface area contributed by atoms with Crippen LogP contribution in [0.15, 0.2) is 42.5 Å². The summed E-state index contributed by atoms with van der Waals surface area (Å²) in [6.07, 6.45) is 5.71. The number of hydrogen-bond acceptors (Lipinski definition) is 4. The van der Waals surface area contributed by atoms with E-state index >= 15 is 0 Å². The lowest BCUT2D eigenvalue weighted by molar-refractivity contribution is -0.141. The average Bonchev–Trinajstić information content (AvgIpc) is 2.87. The van der Waals surface area contributed by atoms with Gasteiger partial charge in [-0.3, -0.25) is 13.9 Å². The summed E-state index contributed by atoms with van der Waals surface area (Å²) in [7, 11) is -3.86. The quantitative estimate of drug-likeness (QED) is 0.444. The Hall–Kier alpha value is -3.08. The topological polar surface area (TPSA) is 86.8 Å². The van der Waals surface area contributed by atoms with E-state index in [0.29, 0.717) is 0 Å². The van der Waals surface area contributed by atoms with Crippen molar-refractivity contribution in [2.75, 3.05) is 17.1 Å². The summed E-state index contributed by atoms with van der Waals surface area (Å²) in [5.41, 5.74) is 0.181. The van der Waals surface area contributed by atoms with Crippen LogP contribution in [0.2, 0.25) is 0 Å². The number of nitrogens with one attached hydrogen (secondary N) is 1. The third-order valence-electron chi connectivity index (χ3n) is 6.76. The number of rotatable bonds is 11. The van der Waals surface area contributed by atoms with E-state index in [1.54, 1.807) is 13.0 Å². The van der Waals surface area contributed by atoms with Gasteiger partial charge in [0.05, 0.1) is 11.9 Å². The molecule has 1 aliphatic rings. The zero-order valence-electron chi connectivity index (χ0n) is 21.6. The Bertz CT molecular complexity index is 1240. The summed E-state index contributed by atoms with van der Waals surface area (Å²) in [5, 5.41) is 3.00. The molecule has 0 aliphatic heterocycles. The number of carbonyl (C=O) groups excluding carboxylic acids is 2. The predicted octanol–water partition coefficient (Wildman–Crippen LogP) is 4.52. The van der Waals surface area contributed by atoms with Crippen LogP contribution in [0.4, 0.5) is 18.9 Å². The van der Waals surface area contributed by atoms with Crippen molar-refractivity contribution in [3.63, 3.8) is 0 Å². The first-order chi connectivity index (χ1) is 18.0. The maximum absolute atomic E-state index is 14.4. The van der Waals surface area contributed by atoms with Crippen LogP contribution in [0.5, 0.6) is 0 Å². The molecule has 2 aromatic carbocycles. The number of hydrogen-bond donors (Lipinski definition) is 1. The molecule has 38 heavy (non-hydrogen) atoms. The number of nitrogens with zero attached hydrogens (tertiary/aromatic N) is 2. The fraction of sp³-hybridized carbons (Fsp3) is 0.481. The van der Waals surface area contributed by atoms with Crippen molar-refractivity contribution < 1.29 is 31.2 Å². The molecular weight excluding hydrogens is 519 g/mol. The van der Waals surface area contributed by atoms with Crippen LogP contribution in [-0.4, -0.2) is 50.0 Å². The highest BCUT2D eigenvalue weighted by Gasteiger charge is 2.29. The molecule has 11 heteroatoms. The number of benzene rings is 2. The summed E-state index contributed by atoms with van der Waals surface area (Å²) in [6.45, 7) is 1.27. The van der Waals surface area contributed by atoms with Gasteiger partial charge in [0, 0.05) is 37.2 Å². The second-order valence-corrected chi connectivity index (χ2v) is 11.6. The summed E-state index contributed by atoms with van der Waals surface area (Å²) in [4.78, 5) is 27.6.